The van der Waals surface area contributed by atoms with Crippen LogP contribution in [-0.4, -0.2) is 15.1 Å². The summed E-state index contributed by atoms with van der Waals surface area (Å²) in [5, 5.41) is 8.97. The summed E-state index contributed by atoms with van der Waals surface area (Å²) >= 11 is 0. The number of aromatic nitrogens is 2. The number of nitrogens with zero attached hydrogens (tertiary/aromatic N) is 2. The van der Waals surface area contributed by atoms with Gasteiger partial charge in [0.05, 0.1) is 0 Å². The van der Waals surface area contributed by atoms with Crippen LogP contribution >= 0.6 is 0 Å². The Bertz CT molecular complexity index is 608. The van der Waals surface area contributed by atoms with E-state index in [0.717, 1.165) is 12.2 Å². The monoisotopic (exact) mass is 240 g/mol. The summed E-state index contributed by atoms with van der Waals surface area (Å²) in [5.74, 6) is 1.53. The summed E-state index contributed by atoms with van der Waals surface area (Å²) in [5.41, 5.74) is 2.49. The van der Waals surface area contributed by atoms with Crippen molar-refractivity contribution in [2.45, 2.75) is 13.0 Å². The Morgan fingerprint density at radius 3 is 3.11 bits per heavy atom. The average Bonchev–Trinajstić information content (AvgIpc) is 2.86. The lowest BCUT2D eigenvalue weighted by atomic mass is 10.1. The molecule has 0 bridgehead atoms. The Kier molecular flexibility index (Phi) is 2.78. The van der Waals surface area contributed by atoms with E-state index in [1.807, 2.05) is 12.1 Å². The van der Waals surface area contributed by atoms with Gasteiger partial charge in [-0.25, -0.2) is 4.98 Å². The molecule has 3 rings (SSSR count). The van der Waals surface area contributed by atoms with Gasteiger partial charge in [-0.05, 0) is 29.7 Å². The molecule has 0 aliphatic heterocycles. The normalized spacial score (nSPS) is 12.5. The number of benzene rings is 1. The summed E-state index contributed by atoms with van der Waals surface area (Å²) < 4.78 is 5.65. The quantitative estimate of drug-likeness (QED) is 0.894. The van der Waals surface area contributed by atoms with E-state index in [1.54, 1.807) is 12.3 Å². The molecule has 4 heteroatoms. The Hall–Kier alpha value is -2.20. The van der Waals surface area contributed by atoms with Crippen molar-refractivity contribution in [1.29, 1.82) is 0 Å². The summed E-state index contributed by atoms with van der Waals surface area (Å²) in [6, 6.07) is 7.63. The molecule has 0 spiro atoms. The Morgan fingerprint density at radius 2 is 2.22 bits per heavy atom. The van der Waals surface area contributed by atoms with Crippen molar-refractivity contribution in [3.8, 4) is 11.6 Å². The molecule has 4 nitrogen and oxygen atoms in total. The molecule has 1 aliphatic carbocycles. The van der Waals surface area contributed by atoms with Crippen molar-refractivity contribution in [2.75, 3.05) is 0 Å². The SMILES string of the molecule is OCc1nccc(Oc2ccc3c(c2)C=CC3)n1. The third-order valence-electron chi connectivity index (χ3n) is 2.80. The number of aliphatic hydroxyl groups excluding tert-OH is 1. The van der Waals surface area contributed by atoms with Crippen LogP contribution in [0, 0.1) is 0 Å². The average molecular weight is 240 g/mol. The molecule has 1 aliphatic rings. The molecule has 1 aromatic heterocycles. The Balaban J connectivity index is 1.85. The lowest BCUT2D eigenvalue weighted by Crippen LogP contribution is -1.96. The van der Waals surface area contributed by atoms with Crippen LogP contribution in [0.25, 0.3) is 6.08 Å². The predicted molar refractivity (Wildman–Crippen MR) is 67.2 cm³/mol. The van der Waals surface area contributed by atoms with Crippen molar-refractivity contribution in [1.82, 2.24) is 9.97 Å². The Morgan fingerprint density at radius 1 is 1.28 bits per heavy atom. The molecule has 1 heterocycles. The van der Waals surface area contributed by atoms with Gasteiger partial charge >= 0.3 is 0 Å². The fraction of sp³-hybridized carbons (Fsp3) is 0.143. The highest BCUT2D eigenvalue weighted by atomic mass is 16.5. The van der Waals surface area contributed by atoms with Crippen LogP contribution in [0.4, 0.5) is 0 Å². The molecule has 1 N–H and O–H groups in total. The summed E-state index contributed by atoms with van der Waals surface area (Å²) in [7, 11) is 0. The van der Waals surface area contributed by atoms with Crippen LogP contribution in [-0.2, 0) is 13.0 Å². The van der Waals surface area contributed by atoms with Crippen molar-refractivity contribution < 1.29 is 9.84 Å². The van der Waals surface area contributed by atoms with Gasteiger partial charge in [-0.15, -0.1) is 0 Å². The lowest BCUT2D eigenvalue weighted by Gasteiger charge is -2.07. The van der Waals surface area contributed by atoms with Gasteiger partial charge in [0, 0.05) is 12.3 Å². The Labute approximate surface area is 105 Å². The van der Waals surface area contributed by atoms with E-state index in [-0.39, 0.29) is 6.61 Å². The molecule has 2 aromatic rings. The zero-order chi connectivity index (χ0) is 12.4. The number of aliphatic hydroxyl groups is 1. The molecule has 0 radical (unpaired) electrons. The highest BCUT2D eigenvalue weighted by Gasteiger charge is 2.07. The van der Waals surface area contributed by atoms with Crippen LogP contribution in [0.3, 0.4) is 0 Å². The first-order valence-electron chi connectivity index (χ1n) is 5.75. The fourth-order valence-electron chi connectivity index (χ4n) is 1.92. The summed E-state index contributed by atoms with van der Waals surface area (Å²) in [4.78, 5) is 7.98. The van der Waals surface area contributed by atoms with Gasteiger partial charge < -0.3 is 9.84 Å². The van der Waals surface area contributed by atoms with Crippen LogP contribution in [0.15, 0.2) is 36.5 Å². The third kappa shape index (κ3) is 2.10. The van der Waals surface area contributed by atoms with Gasteiger partial charge in [-0.2, -0.15) is 4.98 Å². The second-order valence-electron chi connectivity index (χ2n) is 4.04. The van der Waals surface area contributed by atoms with Crippen LogP contribution < -0.4 is 4.74 Å². The molecule has 90 valence electrons. The third-order valence-corrected chi connectivity index (χ3v) is 2.80. The van der Waals surface area contributed by atoms with Crippen molar-refractivity contribution in [2.24, 2.45) is 0 Å². The molecule has 0 unspecified atom stereocenters. The zero-order valence-corrected chi connectivity index (χ0v) is 9.71. The van der Waals surface area contributed by atoms with Gasteiger partial charge in [0.1, 0.15) is 12.4 Å². The van der Waals surface area contributed by atoms with Crippen LogP contribution in [0.5, 0.6) is 11.6 Å². The maximum Gasteiger partial charge on any atom is 0.222 e. The molecule has 0 saturated carbocycles. The van der Waals surface area contributed by atoms with Crippen molar-refractivity contribution in [3.63, 3.8) is 0 Å². The molecular formula is C14H12N2O2. The van der Waals surface area contributed by atoms with E-state index >= 15 is 0 Å². The second kappa shape index (κ2) is 4.58. The summed E-state index contributed by atoms with van der Waals surface area (Å²) in [6.07, 6.45) is 6.77. The zero-order valence-electron chi connectivity index (χ0n) is 9.71. The standard InChI is InChI=1S/C14H12N2O2/c17-9-13-15-7-6-14(16-13)18-12-5-4-10-2-1-3-11(10)8-12/h1,3-8,17H,2,9H2. The van der Waals surface area contributed by atoms with Crippen LogP contribution in [0.2, 0.25) is 0 Å². The number of allylic oxidation sites excluding steroid dienone is 1. The fourth-order valence-corrected chi connectivity index (χ4v) is 1.92. The first-order valence-corrected chi connectivity index (χ1v) is 5.75. The van der Waals surface area contributed by atoms with E-state index in [4.69, 9.17) is 9.84 Å². The smallest absolute Gasteiger partial charge is 0.222 e. The topological polar surface area (TPSA) is 55.2 Å². The van der Waals surface area contributed by atoms with Crippen molar-refractivity contribution >= 4 is 6.08 Å². The van der Waals surface area contributed by atoms with Gasteiger partial charge in [0.15, 0.2) is 5.82 Å². The number of rotatable bonds is 3. The van der Waals surface area contributed by atoms with E-state index < -0.39 is 0 Å². The highest BCUT2D eigenvalue weighted by Crippen LogP contribution is 2.26. The number of hydrogen-bond donors (Lipinski definition) is 1. The van der Waals surface area contributed by atoms with Crippen molar-refractivity contribution in [3.05, 3.63) is 53.5 Å². The minimum absolute atomic E-state index is 0.190. The van der Waals surface area contributed by atoms with Gasteiger partial charge in [0.2, 0.25) is 5.88 Å². The van der Waals surface area contributed by atoms with Gasteiger partial charge in [-0.3, -0.25) is 0 Å². The number of ether oxygens (including phenoxy) is 1. The predicted octanol–water partition coefficient (Wildman–Crippen LogP) is 2.33. The molecule has 0 saturated heterocycles. The minimum atomic E-state index is -0.190. The van der Waals surface area contributed by atoms with Gasteiger partial charge in [-0.1, -0.05) is 18.2 Å². The molecular weight excluding hydrogens is 228 g/mol. The first-order chi connectivity index (χ1) is 8.85. The van der Waals surface area contributed by atoms with E-state index in [2.05, 4.69) is 28.2 Å². The van der Waals surface area contributed by atoms with E-state index in [1.165, 1.54) is 11.1 Å². The maximum absolute atomic E-state index is 8.97. The molecule has 0 atom stereocenters. The minimum Gasteiger partial charge on any atom is -0.439 e. The first kappa shape index (κ1) is 10.9. The molecule has 1 aromatic carbocycles. The van der Waals surface area contributed by atoms with Crippen LogP contribution in [0.1, 0.15) is 17.0 Å². The molecule has 0 amide bonds. The molecule has 18 heavy (non-hydrogen) atoms. The second-order valence-corrected chi connectivity index (χ2v) is 4.04. The maximum atomic E-state index is 8.97. The largest absolute Gasteiger partial charge is 0.439 e. The highest BCUT2D eigenvalue weighted by molar-refractivity contribution is 5.61. The molecule has 0 fully saturated rings. The number of hydrogen-bond acceptors (Lipinski definition) is 4. The summed E-state index contributed by atoms with van der Waals surface area (Å²) in [6.45, 7) is -0.190. The number of fused-ring (bicyclic) bond motifs is 1. The lowest BCUT2D eigenvalue weighted by molar-refractivity contribution is 0.269. The van der Waals surface area contributed by atoms with Gasteiger partial charge in [0.25, 0.3) is 0 Å². The van der Waals surface area contributed by atoms with E-state index in [0.29, 0.717) is 11.7 Å². The van der Waals surface area contributed by atoms with E-state index in [9.17, 15) is 0 Å².